The van der Waals surface area contributed by atoms with Gasteiger partial charge in [0.1, 0.15) is 11.6 Å². The van der Waals surface area contributed by atoms with Gasteiger partial charge in [0.05, 0.1) is 5.56 Å². The molecule has 0 spiro atoms. The van der Waals surface area contributed by atoms with Crippen LogP contribution in [0.25, 0.3) is 0 Å². The molecule has 7 nitrogen and oxygen atoms in total. The molecule has 0 saturated carbocycles. The molecule has 0 aliphatic carbocycles. The fourth-order valence-electron chi connectivity index (χ4n) is 3.88. The Labute approximate surface area is 186 Å². The van der Waals surface area contributed by atoms with Crippen molar-refractivity contribution in [2.75, 3.05) is 19.7 Å². The third kappa shape index (κ3) is 5.50. The van der Waals surface area contributed by atoms with Crippen molar-refractivity contribution in [1.82, 2.24) is 9.80 Å². The number of halogens is 1. The Bertz CT molecular complexity index is 1010. The lowest BCUT2D eigenvalue weighted by Crippen LogP contribution is -2.58. The predicted molar refractivity (Wildman–Crippen MR) is 118 cm³/mol. The van der Waals surface area contributed by atoms with Crippen LogP contribution in [-0.2, 0) is 11.3 Å². The molecule has 1 saturated heterocycles. The minimum atomic E-state index is -0.730. The number of hydrogen-bond acceptors (Lipinski definition) is 5. The summed E-state index contributed by atoms with van der Waals surface area (Å²) in [6.07, 6.45) is 0. The van der Waals surface area contributed by atoms with Gasteiger partial charge in [-0.25, -0.2) is 4.39 Å². The van der Waals surface area contributed by atoms with Crippen molar-refractivity contribution in [1.29, 1.82) is 0 Å². The van der Waals surface area contributed by atoms with Gasteiger partial charge in [-0.05, 0) is 56.7 Å². The summed E-state index contributed by atoms with van der Waals surface area (Å²) in [5, 5.41) is 0. The molecule has 2 N–H and O–H groups in total. The number of carbonyl (C=O) groups excluding carboxylic acids is 3. The summed E-state index contributed by atoms with van der Waals surface area (Å²) >= 11 is 0. The van der Waals surface area contributed by atoms with Gasteiger partial charge in [-0.3, -0.25) is 19.3 Å². The van der Waals surface area contributed by atoms with Crippen molar-refractivity contribution in [3.63, 3.8) is 0 Å². The van der Waals surface area contributed by atoms with Gasteiger partial charge in [0.15, 0.2) is 12.4 Å². The number of nitrogens with zero attached hydrogens (tertiary/aromatic N) is 2. The second kappa shape index (κ2) is 9.91. The average molecular weight is 442 g/mol. The molecule has 0 bridgehead atoms. The Balaban J connectivity index is 1.62. The van der Waals surface area contributed by atoms with E-state index in [0.717, 1.165) is 5.56 Å². The fraction of sp³-hybridized carbons (Fsp3) is 0.375. The zero-order chi connectivity index (χ0) is 23.4. The molecule has 2 unspecified atom stereocenters. The quantitative estimate of drug-likeness (QED) is 0.667. The molecule has 1 fully saturated rings. The van der Waals surface area contributed by atoms with Crippen molar-refractivity contribution in [2.45, 2.75) is 39.4 Å². The Morgan fingerprint density at radius 2 is 1.75 bits per heavy atom. The highest BCUT2D eigenvalue weighted by molar-refractivity contribution is 6.00. The smallest absolute Gasteiger partial charge is 0.260 e. The van der Waals surface area contributed by atoms with Crippen molar-refractivity contribution in [3.05, 3.63) is 65.0 Å². The van der Waals surface area contributed by atoms with E-state index in [0.29, 0.717) is 25.2 Å². The molecule has 2 atom stereocenters. The van der Waals surface area contributed by atoms with Crippen LogP contribution in [-0.4, -0.2) is 59.2 Å². The van der Waals surface area contributed by atoms with Gasteiger partial charge in [0.25, 0.3) is 11.8 Å². The first-order valence-corrected chi connectivity index (χ1v) is 10.5. The van der Waals surface area contributed by atoms with E-state index >= 15 is 0 Å². The second-order valence-electron chi connectivity index (χ2n) is 8.22. The number of hydrogen-bond donors (Lipinski definition) is 1. The van der Waals surface area contributed by atoms with Crippen LogP contribution in [0.15, 0.2) is 42.5 Å². The summed E-state index contributed by atoms with van der Waals surface area (Å²) in [5.74, 6) is -1.22. The monoisotopic (exact) mass is 441 g/mol. The number of ketones is 1. The predicted octanol–water partition coefficient (Wildman–Crippen LogP) is 2.63. The molecule has 2 amide bonds. The van der Waals surface area contributed by atoms with Crippen LogP contribution in [0.2, 0.25) is 0 Å². The minimum Gasteiger partial charge on any atom is -0.483 e. The van der Waals surface area contributed by atoms with E-state index in [1.807, 2.05) is 13.8 Å². The number of primary amides is 1. The highest BCUT2D eigenvalue weighted by atomic mass is 19.1. The van der Waals surface area contributed by atoms with Gasteiger partial charge in [0.2, 0.25) is 0 Å². The lowest BCUT2D eigenvalue weighted by molar-refractivity contribution is -0.139. The highest BCUT2D eigenvalue weighted by Crippen LogP contribution is 2.22. The van der Waals surface area contributed by atoms with Crippen LogP contribution >= 0.6 is 0 Å². The zero-order valence-corrected chi connectivity index (χ0v) is 18.5. The van der Waals surface area contributed by atoms with E-state index in [-0.39, 0.29) is 47.5 Å². The number of nitrogens with two attached hydrogens (primary N) is 1. The first-order valence-electron chi connectivity index (χ1n) is 10.5. The number of benzene rings is 2. The molecule has 1 aliphatic heterocycles. The molecule has 3 rings (SSSR count). The van der Waals surface area contributed by atoms with Crippen LogP contribution in [0, 0.1) is 5.82 Å². The largest absolute Gasteiger partial charge is 0.483 e. The molecule has 1 aliphatic rings. The third-order valence-electron chi connectivity index (χ3n) is 5.74. The number of rotatable bonds is 7. The van der Waals surface area contributed by atoms with E-state index < -0.39 is 5.91 Å². The zero-order valence-electron chi connectivity index (χ0n) is 18.5. The van der Waals surface area contributed by atoms with Crippen LogP contribution in [0.5, 0.6) is 5.75 Å². The van der Waals surface area contributed by atoms with E-state index in [9.17, 15) is 18.8 Å². The molecule has 2 aromatic carbocycles. The van der Waals surface area contributed by atoms with Crippen molar-refractivity contribution >= 4 is 17.6 Å². The van der Waals surface area contributed by atoms with Crippen molar-refractivity contribution in [2.24, 2.45) is 5.73 Å². The number of Topliss-reactive ketones (excluding diaryl/α,β-unsaturated/α-hetero) is 1. The van der Waals surface area contributed by atoms with Crippen LogP contribution in [0.3, 0.4) is 0 Å². The Morgan fingerprint density at radius 3 is 2.38 bits per heavy atom. The maximum absolute atomic E-state index is 13.2. The van der Waals surface area contributed by atoms with Gasteiger partial charge < -0.3 is 15.4 Å². The second-order valence-corrected chi connectivity index (χ2v) is 8.22. The SMILES string of the molecule is CC(=O)c1ccc(OCC(=O)N2CC(C)N(Cc3ccc(F)cc3)CC2C)c(C(N)=O)c1. The van der Waals surface area contributed by atoms with Crippen LogP contribution in [0.4, 0.5) is 4.39 Å². The number of amides is 2. The van der Waals surface area contributed by atoms with E-state index in [4.69, 9.17) is 10.5 Å². The lowest BCUT2D eigenvalue weighted by Gasteiger charge is -2.44. The Morgan fingerprint density at radius 1 is 1.06 bits per heavy atom. The highest BCUT2D eigenvalue weighted by Gasteiger charge is 2.32. The van der Waals surface area contributed by atoms with Gasteiger partial charge in [-0.15, -0.1) is 0 Å². The summed E-state index contributed by atoms with van der Waals surface area (Å²) in [6.45, 7) is 7.03. The molecule has 0 radical (unpaired) electrons. The van der Waals surface area contributed by atoms with E-state index in [2.05, 4.69) is 4.90 Å². The third-order valence-corrected chi connectivity index (χ3v) is 5.74. The van der Waals surface area contributed by atoms with Gasteiger partial charge in [-0.2, -0.15) is 0 Å². The molecule has 1 heterocycles. The van der Waals surface area contributed by atoms with Crippen LogP contribution < -0.4 is 10.5 Å². The molecule has 2 aromatic rings. The topological polar surface area (TPSA) is 92.9 Å². The van der Waals surface area contributed by atoms with Crippen molar-refractivity contribution in [3.8, 4) is 5.75 Å². The Kier molecular flexibility index (Phi) is 7.25. The standard InChI is InChI=1S/C24H28FN3O4/c1-15-12-28(16(2)11-27(15)13-18-4-7-20(25)8-5-18)23(30)14-32-22-9-6-19(17(3)29)10-21(22)24(26)31/h4-10,15-16H,11-14H2,1-3H3,(H2,26,31). The van der Waals surface area contributed by atoms with Gasteiger partial charge >= 0.3 is 0 Å². The number of piperazine rings is 1. The molecule has 8 heteroatoms. The van der Waals surface area contributed by atoms with Gasteiger partial charge in [-0.1, -0.05) is 12.1 Å². The van der Waals surface area contributed by atoms with E-state index in [1.165, 1.54) is 37.3 Å². The summed E-state index contributed by atoms with van der Waals surface area (Å²) in [7, 11) is 0. The minimum absolute atomic E-state index is 0.0431. The summed E-state index contributed by atoms with van der Waals surface area (Å²) in [6, 6.07) is 10.9. The summed E-state index contributed by atoms with van der Waals surface area (Å²) in [4.78, 5) is 40.2. The molecule has 170 valence electrons. The summed E-state index contributed by atoms with van der Waals surface area (Å²) < 4.78 is 18.8. The maximum atomic E-state index is 13.2. The van der Waals surface area contributed by atoms with Gasteiger partial charge in [0, 0.05) is 37.3 Å². The first kappa shape index (κ1) is 23.4. The normalized spacial score (nSPS) is 18.9. The summed E-state index contributed by atoms with van der Waals surface area (Å²) in [5.41, 5.74) is 6.83. The fourth-order valence-corrected chi connectivity index (χ4v) is 3.88. The van der Waals surface area contributed by atoms with Crippen LogP contribution in [0.1, 0.15) is 47.1 Å². The molecule has 0 aromatic heterocycles. The Hall–Kier alpha value is -3.26. The molecular formula is C24H28FN3O4. The van der Waals surface area contributed by atoms with Crippen molar-refractivity contribution < 1.29 is 23.5 Å². The maximum Gasteiger partial charge on any atom is 0.260 e. The molecule has 32 heavy (non-hydrogen) atoms. The lowest BCUT2D eigenvalue weighted by atomic mass is 10.1. The average Bonchev–Trinajstić information content (AvgIpc) is 2.75. The first-order chi connectivity index (χ1) is 15.2. The number of carbonyl (C=O) groups is 3. The molecular weight excluding hydrogens is 413 g/mol. The van der Waals surface area contributed by atoms with E-state index in [1.54, 1.807) is 17.0 Å². The number of ether oxygens (including phenoxy) is 1.